The molecule has 0 atom stereocenters. The summed E-state index contributed by atoms with van der Waals surface area (Å²) in [7, 11) is 0. The van der Waals surface area contributed by atoms with Gasteiger partial charge in [-0.3, -0.25) is 0 Å². The molecule has 0 spiro atoms. The smallest absolute Gasteiger partial charge is 0.0786 e. The minimum atomic E-state index is 0. The number of halogens is 1. The monoisotopic (exact) mass is 461 g/mol. The summed E-state index contributed by atoms with van der Waals surface area (Å²) in [5.74, 6) is 0. The zero-order valence-corrected chi connectivity index (χ0v) is 22.0. The van der Waals surface area contributed by atoms with E-state index >= 15 is 0 Å². The lowest BCUT2D eigenvalue weighted by atomic mass is 10.1. The van der Waals surface area contributed by atoms with Crippen molar-refractivity contribution < 1.29 is 21.5 Å². The maximum absolute atomic E-state index is 2.34. The van der Waals surface area contributed by atoms with Gasteiger partial charge in [-0.05, 0) is 51.4 Å². The van der Waals surface area contributed by atoms with Gasteiger partial charge in [-0.25, -0.2) is 0 Å². The van der Waals surface area contributed by atoms with Crippen LogP contribution in [0.2, 0.25) is 0 Å². The van der Waals surface area contributed by atoms with Crippen LogP contribution in [0.1, 0.15) is 143 Å². The molecule has 0 bridgehead atoms. The van der Waals surface area contributed by atoms with E-state index in [1.54, 1.807) is 0 Å². The number of unbranched alkanes of at least 4 members (excludes halogenated alkanes) is 14. The molecule has 172 valence electrons. The highest BCUT2D eigenvalue weighted by molar-refractivity contribution is 4.53. The molecular formula is C26H56BrN. The molecule has 0 saturated carbocycles. The number of quaternary nitrogens is 1. The van der Waals surface area contributed by atoms with E-state index in [2.05, 4.69) is 27.7 Å². The fraction of sp³-hybridized carbons (Fsp3) is 1.00. The van der Waals surface area contributed by atoms with E-state index in [9.17, 15) is 0 Å². The molecule has 0 amide bonds. The zero-order valence-electron chi connectivity index (χ0n) is 20.4. The van der Waals surface area contributed by atoms with Crippen molar-refractivity contribution in [3.05, 3.63) is 0 Å². The van der Waals surface area contributed by atoms with Gasteiger partial charge in [0.05, 0.1) is 26.2 Å². The number of hydrogen-bond acceptors (Lipinski definition) is 0. The molecule has 0 unspecified atom stereocenters. The van der Waals surface area contributed by atoms with Crippen LogP contribution < -0.4 is 17.0 Å². The molecule has 0 saturated heterocycles. The van der Waals surface area contributed by atoms with Gasteiger partial charge in [0.15, 0.2) is 0 Å². The van der Waals surface area contributed by atoms with Gasteiger partial charge in [-0.15, -0.1) is 0 Å². The second-order valence-corrected chi connectivity index (χ2v) is 9.19. The molecule has 0 aromatic rings. The standard InChI is InChI=1S/C26H56N.BrH/c1-5-9-13-17-21-25-27(23-19-15-11-7-3,24-20-16-12-8-4)26-22-18-14-10-6-2;/h5-26H2,1-4H3;1H/q+1;/p-1. The Morgan fingerprint density at radius 2 is 0.536 bits per heavy atom. The highest BCUT2D eigenvalue weighted by atomic mass is 79.9. The first-order chi connectivity index (χ1) is 13.2. The first-order valence-electron chi connectivity index (χ1n) is 13.1. The van der Waals surface area contributed by atoms with E-state index in [0.717, 1.165) is 0 Å². The van der Waals surface area contributed by atoms with Crippen molar-refractivity contribution >= 4 is 0 Å². The highest BCUT2D eigenvalue weighted by Crippen LogP contribution is 2.19. The summed E-state index contributed by atoms with van der Waals surface area (Å²) in [4.78, 5) is 0. The van der Waals surface area contributed by atoms with Crippen molar-refractivity contribution in [3.63, 3.8) is 0 Å². The lowest BCUT2D eigenvalue weighted by Crippen LogP contribution is -3.00. The van der Waals surface area contributed by atoms with Crippen LogP contribution in [0.3, 0.4) is 0 Å². The van der Waals surface area contributed by atoms with Gasteiger partial charge < -0.3 is 21.5 Å². The summed E-state index contributed by atoms with van der Waals surface area (Å²) in [6.07, 6.45) is 25.8. The van der Waals surface area contributed by atoms with E-state index in [1.165, 1.54) is 146 Å². The quantitative estimate of drug-likeness (QED) is 0.139. The van der Waals surface area contributed by atoms with Crippen LogP contribution in [0.5, 0.6) is 0 Å². The molecular weight excluding hydrogens is 406 g/mol. The Balaban J connectivity index is 0. The zero-order chi connectivity index (χ0) is 20.1. The van der Waals surface area contributed by atoms with Gasteiger partial charge >= 0.3 is 0 Å². The van der Waals surface area contributed by atoms with Crippen molar-refractivity contribution in [3.8, 4) is 0 Å². The third-order valence-corrected chi connectivity index (χ3v) is 6.44. The number of rotatable bonds is 22. The minimum Gasteiger partial charge on any atom is -1.00 e. The fourth-order valence-corrected chi connectivity index (χ4v) is 4.52. The maximum Gasteiger partial charge on any atom is 0.0786 e. The van der Waals surface area contributed by atoms with Crippen LogP contribution in [0.25, 0.3) is 0 Å². The Bertz CT molecular complexity index is 252. The summed E-state index contributed by atoms with van der Waals surface area (Å²) in [5, 5.41) is 0. The second kappa shape index (κ2) is 23.7. The van der Waals surface area contributed by atoms with Gasteiger partial charge in [0, 0.05) is 0 Å². The summed E-state index contributed by atoms with van der Waals surface area (Å²) in [5.41, 5.74) is 0. The van der Waals surface area contributed by atoms with E-state index in [4.69, 9.17) is 0 Å². The number of hydrogen-bond donors (Lipinski definition) is 0. The third-order valence-electron chi connectivity index (χ3n) is 6.44. The fourth-order valence-electron chi connectivity index (χ4n) is 4.52. The van der Waals surface area contributed by atoms with Crippen LogP contribution in [0, 0.1) is 0 Å². The third kappa shape index (κ3) is 18.5. The van der Waals surface area contributed by atoms with Crippen molar-refractivity contribution in [2.45, 2.75) is 143 Å². The summed E-state index contributed by atoms with van der Waals surface area (Å²) in [6.45, 7) is 15.2. The molecule has 0 N–H and O–H groups in total. The first kappa shape index (κ1) is 30.6. The first-order valence-corrected chi connectivity index (χ1v) is 13.1. The van der Waals surface area contributed by atoms with Crippen LogP contribution in [0.15, 0.2) is 0 Å². The van der Waals surface area contributed by atoms with Gasteiger partial charge in [0.2, 0.25) is 0 Å². The van der Waals surface area contributed by atoms with E-state index in [-0.39, 0.29) is 17.0 Å². The summed E-state index contributed by atoms with van der Waals surface area (Å²) < 4.78 is 1.46. The maximum atomic E-state index is 2.34. The number of nitrogens with zero attached hydrogens (tertiary/aromatic N) is 1. The topological polar surface area (TPSA) is 0 Å². The lowest BCUT2D eigenvalue weighted by molar-refractivity contribution is -0.929. The largest absolute Gasteiger partial charge is 1.00 e. The van der Waals surface area contributed by atoms with Crippen LogP contribution >= 0.6 is 0 Å². The molecule has 1 nitrogen and oxygen atoms in total. The molecule has 0 fully saturated rings. The average molecular weight is 463 g/mol. The van der Waals surface area contributed by atoms with E-state index < -0.39 is 0 Å². The van der Waals surface area contributed by atoms with Crippen molar-refractivity contribution in [2.75, 3.05) is 26.2 Å². The molecule has 0 aliphatic heterocycles. The Labute approximate surface area is 190 Å². The van der Waals surface area contributed by atoms with Crippen LogP contribution in [-0.2, 0) is 0 Å². The molecule has 0 heterocycles. The molecule has 0 rings (SSSR count). The average Bonchev–Trinajstić information content (AvgIpc) is 2.68. The highest BCUT2D eigenvalue weighted by Gasteiger charge is 2.25. The molecule has 0 aromatic heterocycles. The van der Waals surface area contributed by atoms with Crippen LogP contribution in [-0.4, -0.2) is 30.7 Å². The predicted molar refractivity (Wildman–Crippen MR) is 126 cm³/mol. The normalized spacial score (nSPS) is 11.6. The summed E-state index contributed by atoms with van der Waals surface area (Å²) in [6, 6.07) is 0. The SMILES string of the molecule is CCCCCCC[N+](CCCCCC)(CCCCCC)CCCCCCC.[Br-]. The van der Waals surface area contributed by atoms with Crippen molar-refractivity contribution in [1.82, 2.24) is 0 Å². The minimum absolute atomic E-state index is 0. The Kier molecular flexibility index (Phi) is 25.9. The van der Waals surface area contributed by atoms with E-state index in [1.807, 2.05) is 0 Å². The van der Waals surface area contributed by atoms with Crippen molar-refractivity contribution in [1.29, 1.82) is 0 Å². The van der Waals surface area contributed by atoms with Gasteiger partial charge in [0.25, 0.3) is 0 Å². The summed E-state index contributed by atoms with van der Waals surface area (Å²) >= 11 is 0. The molecule has 2 heteroatoms. The lowest BCUT2D eigenvalue weighted by Gasteiger charge is -2.39. The molecule has 0 aliphatic rings. The Morgan fingerprint density at radius 3 is 0.786 bits per heavy atom. The van der Waals surface area contributed by atoms with Crippen molar-refractivity contribution in [2.24, 2.45) is 0 Å². The Hall–Kier alpha value is 0.440. The van der Waals surface area contributed by atoms with Gasteiger partial charge in [0.1, 0.15) is 0 Å². The van der Waals surface area contributed by atoms with E-state index in [0.29, 0.717) is 0 Å². The Morgan fingerprint density at radius 1 is 0.321 bits per heavy atom. The molecule has 0 aromatic carbocycles. The van der Waals surface area contributed by atoms with Gasteiger partial charge in [-0.2, -0.15) is 0 Å². The molecule has 0 aliphatic carbocycles. The molecule has 0 radical (unpaired) electrons. The molecule has 28 heavy (non-hydrogen) atoms. The second-order valence-electron chi connectivity index (χ2n) is 9.19. The van der Waals surface area contributed by atoms with Crippen LogP contribution in [0.4, 0.5) is 0 Å². The predicted octanol–water partition coefficient (Wildman–Crippen LogP) is 5.91. The van der Waals surface area contributed by atoms with Gasteiger partial charge in [-0.1, -0.05) is 91.9 Å².